The van der Waals surface area contributed by atoms with Crippen LogP contribution in [0, 0.1) is 0 Å². The summed E-state index contributed by atoms with van der Waals surface area (Å²) in [6.45, 7) is 1.23. The number of halogens is 1. The van der Waals surface area contributed by atoms with Gasteiger partial charge in [-0.15, -0.1) is 11.3 Å². The van der Waals surface area contributed by atoms with Gasteiger partial charge in [0.05, 0.1) is 7.11 Å². The maximum Gasteiger partial charge on any atom is 0.254 e. The number of thiophene rings is 1. The Labute approximate surface area is 190 Å². The van der Waals surface area contributed by atoms with Crippen LogP contribution in [0.4, 0.5) is 0 Å². The quantitative estimate of drug-likeness (QED) is 0.581. The number of carbonyl (C=O) groups is 1. The minimum Gasteiger partial charge on any atom is -0.495 e. The fourth-order valence-electron chi connectivity index (χ4n) is 3.48. The van der Waals surface area contributed by atoms with E-state index in [2.05, 4.69) is 4.72 Å². The second-order valence-electron chi connectivity index (χ2n) is 7.16. The fraction of sp³-hybridized carbons (Fsp3) is 0.227. The van der Waals surface area contributed by atoms with Gasteiger partial charge in [-0.05, 0) is 59.3 Å². The summed E-state index contributed by atoms with van der Waals surface area (Å²) in [5.74, 6) is -0.0208. The van der Waals surface area contributed by atoms with E-state index in [-0.39, 0.29) is 23.1 Å². The van der Waals surface area contributed by atoms with E-state index in [4.69, 9.17) is 16.3 Å². The Morgan fingerprint density at radius 2 is 1.97 bits per heavy atom. The van der Waals surface area contributed by atoms with Crippen molar-refractivity contribution in [3.05, 3.63) is 80.5 Å². The van der Waals surface area contributed by atoms with Gasteiger partial charge in [-0.1, -0.05) is 23.7 Å². The van der Waals surface area contributed by atoms with Gasteiger partial charge in [0.1, 0.15) is 10.6 Å². The van der Waals surface area contributed by atoms with Gasteiger partial charge >= 0.3 is 0 Å². The first-order valence-electron chi connectivity index (χ1n) is 9.64. The largest absolute Gasteiger partial charge is 0.495 e. The van der Waals surface area contributed by atoms with Crippen molar-refractivity contribution in [3.8, 4) is 5.75 Å². The Hall–Kier alpha value is -2.39. The van der Waals surface area contributed by atoms with Gasteiger partial charge in [-0.3, -0.25) is 4.79 Å². The van der Waals surface area contributed by atoms with E-state index in [1.807, 2.05) is 11.4 Å². The van der Waals surface area contributed by atoms with E-state index in [0.717, 1.165) is 17.5 Å². The lowest BCUT2D eigenvalue weighted by atomic mass is 10.1. The second kappa shape index (κ2) is 9.00. The Bertz CT molecular complexity index is 1210. The zero-order valence-electron chi connectivity index (χ0n) is 16.8. The summed E-state index contributed by atoms with van der Waals surface area (Å²) in [7, 11) is -2.51. The molecule has 1 aliphatic rings. The number of nitrogens with one attached hydrogen (secondary N) is 1. The van der Waals surface area contributed by atoms with Gasteiger partial charge in [0, 0.05) is 35.1 Å². The number of amides is 1. The van der Waals surface area contributed by atoms with Crippen LogP contribution < -0.4 is 9.46 Å². The maximum atomic E-state index is 13.1. The molecule has 0 bridgehead atoms. The number of ether oxygens (including phenoxy) is 1. The lowest BCUT2D eigenvalue weighted by Crippen LogP contribution is -2.35. The summed E-state index contributed by atoms with van der Waals surface area (Å²) in [5.41, 5.74) is 2.22. The average molecular weight is 477 g/mol. The highest BCUT2D eigenvalue weighted by atomic mass is 35.5. The third kappa shape index (κ3) is 4.77. The normalized spacial score (nSPS) is 13.7. The number of carbonyl (C=O) groups excluding carboxylic acids is 1. The van der Waals surface area contributed by atoms with E-state index < -0.39 is 10.0 Å². The van der Waals surface area contributed by atoms with Gasteiger partial charge in [0.25, 0.3) is 5.91 Å². The lowest BCUT2D eigenvalue weighted by Gasteiger charge is -2.27. The van der Waals surface area contributed by atoms with Gasteiger partial charge < -0.3 is 9.64 Å². The summed E-state index contributed by atoms with van der Waals surface area (Å²) in [5, 5.41) is 2.61. The smallest absolute Gasteiger partial charge is 0.254 e. The number of hydrogen-bond acceptors (Lipinski definition) is 5. The number of methoxy groups -OCH3 is 1. The minimum atomic E-state index is -3.91. The van der Waals surface area contributed by atoms with Crippen molar-refractivity contribution in [3.63, 3.8) is 0 Å². The number of benzene rings is 2. The van der Waals surface area contributed by atoms with Crippen molar-refractivity contribution < 1.29 is 17.9 Å². The number of hydrogen-bond donors (Lipinski definition) is 1. The van der Waals surface area contributed by atoms with Crippen LogP contribution >= 0.6 is 22.9 Å². The van der Waals surface area contributed by atoms with Crippen molar-refractivity contribution in [2.75, 3.05) is 13.7 Å². The second-order valence-corrected chi connectivity index (χ2v) is 10.3. The molecule has 1 amide bonds. The first-order chi connectivity index (χ1) is 14.9. The molecule has 162 valence electrons. The highest BCUT2D eigenvalue weighted by Gasteiger charge is 2.26. The summed E-state index contributed by atoms with van der Waals surface area (Å²) in [4.78, 5) is 16.1. The number of fused-ring (bicyclic) bond motifs is 1. The van der Waals surface area contributed by atoms with Crippen LogP contribution in [0.1, 0.15) is 26.4 Å². The number of sulfonamides is 1. The third-order valence-corrected chi connectivity index (χ3v) is 7.87. The summed E-state index contributed by atoms with van der Waals surface area (Å²) in [6, 6.07) is 13.4. The molecule has 0 aliphatic carbocycles. The van der Waals surface area contributed by atoms with Crippen molar-refractivity contribution in [2.45, 2.75) is 24.4 Å². The predicted molar refractivity (Wildman–Crippen MR) is 121 cm³/mol. The van der Waals surface area contributed by atoms with Crippen molar-refractivity contribution in [2.24, 2.45) is 0 Å². The molecular formula is C22H21ClN2O4S2. The van der Waals surface area contributed by atoms with Gasteiger partial charge in [-0.25, -0.2) is 13.1 Å². The van der Waals surface area contributed by atoms with Crippen LogP contribution in [0.5, 0.6) is 5.75 Å². The van der Waals surface area contributed by atoms with Crippen LogP contribution in [0.15, 0.2) is 58.8 Å². The van der Waals surface area contributed by atoms with Crippen molar-refractivity contribution in [1.82, 2.24) is 9.62 Å². The van der Waals surface area contributed by atoms with Gasteiger partial charge in [0.15, 0.2) is 0 Å². The SMILES string of the molecule is COc1ccc(C(=O)N2CCc3sccc3C2)cc1S(=O)(=O)NCc1ccc(Cl)cc1. The first kappa shape index (κ1) is 21.8. The Morgan fingerprint density at radius 1 is 1.19 bits per heavy atom. The Kier molecular flexibility index (Phi) is 6.34. The molecule has 0 saturated carbocycles. The van der Waals surface area contributed by atoms with E-state index >= 15 is 0 Å². The molecule has 0 atom stereocenters. The first-order valence-corrected chi connectivity index (χ1v) is 12.4. The fourth-order valence-corrected chi connectivity index (χ4v) is 5.71. The van der Waals surface area contributed by atoms with Crippen molar-refractivity contribution >= 4 is 38.9 Å². The molecule has 1 aromatic heterocycles. The standard InChI is InChI=1S/C22H21ClN2O4S2/c1-29-19-7-4-16(22(26)25-10-8-20-17(14-25)9-11-30-20)12-21(19)31(27,28)24-13-15-2-5-18(23)6-3-15/h2-7,9,11-12,24H,8,10,13-14H2,1H3. The number of nitrogens with zero attached hydrogens (tertiary/aromatic N) is 1. The van der Waals surface area contributed by atoms with E-state index in [0.29, 0.717) is 23.7 Å². The molecule has 3 aromatic rings. The Balaban J connectivity index is 1.56. The van der Waals surface area contributed by atoms with Crippen LogP contribution in [0.25, 0.3) is 0 Å². The molecule has 1 aliphatic heterocycles. The molecule has 9 heteroatoms. The molecule has 2 heterocycles. The minimum absolute atomic E-state index is 0.0666. The van der Waals surface area contributed by atoms with Crippen molar-refractivity contribution in [1.29, 1.82) is 0 Å². The summed E-state index contributed by atoms with van der Waals surface area (Å²) < 4.78 is 33.8. The van der Waals surface area contributed by atoms with Crippen LogP contribution in [-0.2, 0) is 29.5 Å². The molecular weight excluding hydrogens is 456 g/mol. The molecule has 6 nitrogen and oxygen atoms in total. The highest BCUT2D eigenvalue weighted by molar-refractivity contribution is 7.89. The topological polar surface area (TPSA) is 75.7 Å². The van der Waals surface area contributed by atoms with Crippen LogP contribution in [0.2, 0.25) is 5.02 Å². The zero-order valence-corrected chi connectivity index (χ0v) is 19.2. The lowest BCUT2D eigenvalue weighted by molar-refractivity contribution is 0.0735. The molecule has 0 spiro atoms. The number of rotatable bonds is 6. The van der Waals surface area contributed by atoms with Crippen LogP contribution in [0.3, 0.4) is 0 Å². The molecule has 0 saturated heterocycles. The van der Waals surface area contributed by atoms with Gasteiger partial charge in [-0.2, -0.15) is 0 Å². The summed E-state index contributed by atoms with van der Waals surface area (Å²) >= 11 is 7.58. The molecule has 1 N–H and O–H groups in total. The van der Waals surface area contributed by atoms with Gasteiger partial charge in [0.2, 0.25) is 10.0 Å². The maximum absolute atomic E-state index is 13.1. The average Bonchev–Trinajstić information content (AvgIpc) is 3.26. The molecule has 31 heavy (non-hydrogen) atoms. The molecule has 0 fully saturated rings. The van der Waals surface area contributed by atoms with E-state index in [9.17, 15) is 13.2 Å². The van der Waals surface area contributed by atoms with Crippen LogP contribution in [-0.4, -0.2) is 32.9 Å². The predicted octanol–water partition coefficient (Wildman–Crippen LogP) is 4.09. The zero-order chi connectivity index (χ0) is 22.0. The van der Waals surface area contributed by atoms with E-state index in [1.54, 1.807) is 46.6 Å². The monoisotopic (exact) mass is 476 g/mol. The molecule has 4 rings (SSSR count). The highest BCUT2D eigenvalue weighted by Crippen LogP contribution is 2.28. The third-order valence-electron chi connectivity index (χ3n) is 5.17. The Morgan fingerprint density at radius 3 is 2.71 bits per heavy atom. The molecule has 2 aromatic carbocycles. The molecule has 0 radical (unpaired) electrons. The van der Waals surface area contributed by atoms with E-state index in [1.165, 1.54) is 24.1 Å². The summed E-state index contributed by atoms with van der Waals surface area (Å²) in [6.07, 6.45) is 0.808. The molecule has 0 unspecified atom stereocenters.